The van der Waals surface area contributed by atoms with E-state index < -0.39 is 16.0 Å². The summed E-state index contributed by atoms with van der Waals surface area (Å²) in [6, 6.07) is 12.8. The van der Waals surface area contributed by atoms with Crippen molar-refractivity contribution in [3.63, 3.8) is 0 Å². The number of carbonyl (C=O) groups excluding carboxylic acids is 2. The van der Waals surface area contributed by atoms with Crippen LogP contribution in [0.5, 0.6) is 0 Å². The van der Waals surface area contributed by atoms with Crippen LogP contribution in [0.1, 0.15) is 46.7 Å². The van der Waals surface area contributed by atoms with Gasteiger partial charge in [-0.15, -0.1) is 0 Å². The van der Waals surface area contributed by atoms with Crippen LogP contribution in [-0.2, 0) is 21.2 Å². The van der Waals surface area contributed by atoms with E-state index in [0.717, 1.165) is 6.42 Å². The normalized spacial score (nSPS) is 12.8. The molecular weight excluding hydrogens is 456 g/mol. The number of hydrogen-bond donors (Lipinski definition) is 2. The number of amides is 1. The van der Waals surface area contributed by atoms with Crippen molar-refractivity contribution < 1.29 is 27.2 Å². The lowest BCUT2D eigenvalue weighted by Gasteiger charge is -2.11. The van der Waals surface area contributed by atoms with Crippen molar-refractivity contribution in [2.24, 2.45) is 0 Å². The molecule has 0 saturated carbocycles. The van der Waals surface area contributed by atoms with E-state index in [2.05, 4.69) is 10.0 Å². The number of furan rings is 1. The Morgan fingerprint density at radius 1 is 1.09 bits per heavy atom. The van der Waals surface area contributed by atoms with Crippen molar-refractivity contribution in [1.82, 2.24) is 0 Å². The highest BCUT2D eigenvalue weighted by molar-refractivity contribution is 7.93. The van der Waals surface area contributed by atoms with Gasteiger partial charge in [-0.3, -0.25) is 9.52 Å². The Morgan fingerprint density at radius 2 is 1.91 bits per heavy atom. The Bertz CT molecular complexity index is 1590. The first-order valence-corrected chi connectivity index (χ1v) is 12.4. The quantitative estimate of drug-likeness (QED) is 0.358. The SMILES string of the molecule is CCCc1oc2ccc(NS(=O)(=O)c3ccc4c5c(cccc35)C(=O)N4)cc2c1C(=O)OCC. The Morgan fingerprint density at radius 3 is 2.68 bits per heavy atom. The van der Waals surface area contributed by atoms with Crippen LogP contribution >= 0.6 is 0 Å². The summed E-state index contributed by atoms with van der Waals surface area (Å²) in [5, 5.41) is 4.26. The van der Waals surface area contributed by atoms with Gasteiger partial charge < -0.3 is 14.5 Å². The molecule has 9 heteroatoms. The van der Waals surface area contributed by atoms with Crippen LogP contribution < -0.4 is 10.0 Å². The molecule has 2 N–H and O–H groups in total. The van der Waals surface area contributed by atoms with Crippen LogP contribution in [0.4, 0.5) is 11.4 Å². The van der Waals surface area contributed by atoms with Gasteiger partial charge >= 0.3 is 5.97 Å². The van der Waals surface area contributed by atoms with E-state index in [1.807, 2.05) is 6.92 Å². The minimum atomic E-state index is -4.01. The fraction of sp³-hybridized carbons (Fsp3) is 0.200. The number of carbonyl (C=O) groups is 2. The van der Waals surface area contributed by atoms with Crippen LogP contribution in [-0.4, -0.2) is 26.9 Å². The first-order valence-electron chi connectivity index (χ1n) is 11.0. The number of fused-ring (bicyclic) bond motifs is 1. The fourth-order valence-corrected chi connectivity index (χ4v) is 5.60. The molecule has 1 aromatic heterocycles. The van der Waals surface area contributed by atoms with Crippen molar-refractivity contribution in [3.05, 3.63) is 65.4 Å². The molecule has 4 aromatic rings. The number of ether oxygens (including phenoxy) is 1. The minimum Gasteiger partial charge on any atom is -0.462 e. The molecule has 0 bridgehead atoms. The summed E-state index contributed by atoms with van der Waals surface area (Å²) in [6.07, 6.45) is 1.32. The monoisotopic (exact) mass is 478 g/mol. The molecule has 1 aliphatic rings. The van der Waals surface area contributed by atoms with Gasteiger partial charge in [-0.2, -0.15) is 0 Å². The van der Waals surface area contributed by atoms with Crippen LogP contribution in [0, 0.1) is 0 Å². The van der Waals surface area contributed by atoms with Crippen molar-refractivity contribution in [2.45, 2.75) is 31.6 Å². The zero-order valence-electron chi connectivity index (χ0n) is 18.6. The number of rotatable bonds is 7. The minimum absolute atomic E-state index is 0.0502. The summed E-state index contributed by atoms with van der Waals surface area (Å²) < 4.78 is 40.4. The van der Waals surface area contributed by atoms with Gasteiger partial charge in [0.1, 0.15) is 16.9 Å². The summed E-state index contributed by atoms with van der Waals surface area (Å²) >= 11 is 0. The molecule has 5 rings (SSSR count). The average Bonchev–Trinajstić information content (AvgIpc) is 3.32. The van der Waals surface area contributed by atoms with E-state index in [0.29, 0.717) is 50.7 Å². The predicted octanol–water partition coefficient (Wildman–Crippen LogP) is 5.08. The highest BCUT2D eigenvalue weighted by Gasteiger charge is 2.27. The molecular formula is C25H22N2O6S. The number of anilines is 2. The molecule has 0 saturated heterocycles. The van der Waals surface area contributed by atoms with Gasteiger partial charge in [0.2, 0.25) is 0 Å². The van der Waals surface area contributed by atoms with E-state index in [-0.39, 0.29) is 23.1 Å². The molecule has 2 heterocycles. The zero-order chi connectivity index (χ0) is 24.0. The first kappa shape index (κ1) is 22.0. The van der Waals surface area contributed by atoms with Gasteiger partial charge in [-0.25, -0.2) is 13.2 Å². The summed E-state index contributed by atoms with van der Waals surface area (Å²) in [5.41, 5.74) is 2.09. The van der Waals surface area contributed by atoms with Crippen molar-refractivity contribution in [2.75, 3.05) is 16.6 Å². The van der Waals surface area contributed by atoms with Gasteiger partial charge in [0, 0.05) is 39.5 Å². The second-order valence-electron chi connectivity index (χ2n) is 7.98. The summed E-state index contributed by atoms with van der Waals surface area (Å²) in [6.45, 7) is 3.91. The second-order valence-corrected chi connectivity index (χ2v) is 9.63. The highest BCUT2D eigenvalue weighted by Crippen LogP contribution is 2.37. The van der Waals surface area contributed by atoms with Crippen molar-refractivity contribution in [1.29, 1.82) is 0 Å². The van der Waals surface area contributed by atoms with Gasteiger partial charge in [0.05, 0.1) is 11.5 Å². The lowest BCUT2D eigenvalue weighted by Crippen LogP contribution is -2.13. The molecule has 0 atom stereocenters. The molecule has 0 spiro atoms. The molecule has 0 radical (unpaired) electrons. The average molecular weight is 479 g/mol. The summed E-state index contributed by atoms with van der Waals surface area (Å²) in [4.78, 5) is 24.9. The predicted molar refractivity (Wildman–Crippen MR) is 129 cm³/mol. The highest BCUT2D eigenvalue weighted by atomic mass is 32.2. The third-order valence-electron chi connectivity index (χ3n) is 5.75. The number of esters is 1. The van der Waals surface area contributed by atoms with Gasteiger partial charge in [0.15, 0.2) is 0 Å². The van der Waals surface area contributed by atoms with Crippen LogP contribution in [0.15, 0.2) is 57.8 Å². The topological polar surface area (TPSA) is 115 Å². The molecule has 34 heavy (non-hydrogen) atoms. The first-order chi connectivity index (χ1) is 16.3. The number of hydrogen-bond acceptors (Lipinski definition) is 6. The summed E-state index contributed by atoms with van der Waals surface area (Å²) in [7, 11) is -4.01. The van der Waals surface area contributed by atoms with E-state index in [9.17, 15) is 18.0 Å². The number of aryl methyl sites for hydroxylation is 1. The van der Waals surface area contributed by atoms with Crippen LogP contribution in [0.3, 0.4) is 0 Å². The third kappa shape index (κ3) is 3.49. The standard InChI is InChI=1S/C25H22N2O6S/c1-3-6-20-23(25(29)32-4-2)17-13-14(9-11-19(17)33-20)27-34(30,31)21-12-10-18-22-15(21)7-5-8-16(22)24(28)26-18/h5,7-13,27H,3-4,6H2,1-2H3,(H,26,28). The van der Waals surface area contributed by atoms with Crippen molar-refractivity contribution in [3.8, 4) is 0 Å². The molecule has 1 aliphatic heterocycles. The number of benzene rings is 3. The van der Waals surface area contributed by atoms with Crippen LogP contribution in [0.2, 0.25) is 0 Å². The van der Waals surface area contributed by atoms with E-state index in [1.54, 1.807) is 49.4 Å². The Hall–Kier alpha value is -3.85. The van der Waals surface area contributed by atoms with Gasteiger partial charge in [0.25, 0.3) is 15.9 Å². The summed E-state index contributed by atoms with van der Waals surface area (Å²) in [5.74, 6) is -0.252. The number of nitrogens with one attached hydrogen (secondary N) is 2. The Labute approximate surface area is 195 Å². The molecule has 8 nitrogen and oxygen atoms in total. The maximum Gasteiger partial charge on any atom is 0.342 e. The molecule has 0 fully saturated rings. The fourth-order valence-electron chi connectivity index (χ4n) is 4.35. The number of sulfonamides is 1. The maximum absolute atomic E-state index is 13.4. The van der Waals surface area contributed by atoms with E-state index >= 15 is 0 Å². The lowest BCUT2D eigenvalue weighted by molar-refractivity contribution is 0.0525. The smallest absolute Gasteiger partial charge is 0.342 e. The molecule has 174 valence electrons. The molecule has 0 aliphatic carbocycles. The Balaban J connectivity index is 1.58. The van der Waals surface area contributed by atoms with E-state index in [4.69, 9.17) is 9.15 Å². The van der Waals surface area contributed by atoms with Gasteiger partial charge in [-0.1, -0.05) is 19.1 Å². The molecule has 0 unspecified atom stereocenters. The maximum atomic E-state index is 13.4. The van der Waals surface area contributed by atoms with Gasteiger partial charge in [-0.05, 0) is 49.7 Å². The van der Waals surface area contributed by atoms with E-state index in [1.165, 1.54) is 6.07 Å². The Kier molecular flexibility index (Phi) is 5.28. The zero-order valence-corrected chi connectivity index (χ0v) is 19.4. The van der Waals surface area contributed by atoms with Crippen molar-refractivity contribution >= 4 is 55.0 Å². The largest absolute Gasteiger partial charge is 0.462 e. The molecule has 1 amide bonds. The third-order valence-corrected chi connectivity index (χ3v) is 7.19. The molecule has 3 aromatic carbocycles. The lowest BCUT2D eigenvalue weighted by atomic mass is 10.1. The second kappa shape index (κ2) is 8.18. The van der Waals surface area contributed by atoms with Crippen LogP contribution in [0.25, 0.3) is 21.7 Å².